The summed E-state index contributed by atoms with van der Waals surface area (Å²) in [7, 11) is -3.59. The number of fused-ring (bicyclic) bond motifs is 1. The summed E-state index contributed by atoms with van der Waals surface area (Å²) in [4.78, 5) is 14.2. The minimum atomic E-state index is -3.59. The first-order valence-corrected chi connectivity index (χ1v) is 15.1. The molecule has 0 bridgehead atoms. The van der Waals surface area contributed by atoms with Crippen molar-refractivity contribution in [3.05, 3.63) is 42.5 Å². The number of sulfonamides is 1. The van der Waals surface area contributed by atoms with E-state index in [0.717, 1.165) is 28.3 Å². The lowest BCUT2D eigenvalue weighted by Crippen LogP contribution is -2.53. The van der Waals surface area contributed by atoms with Gasteiger partial charge in [-0.2, -0.15) is 0 Å². The van der Waals surface area contributed by atoms with Crippen molar-refractivity contribution in [1.29, 1.82) is 0 Å². The Balaban J connectivity index is 1.68. The van der Waals surface area contributed by atoms with Gasteiger partial charge in [-0.05, 0) is 41.5 Å². The Labute approximate surface area is 208 Å². The average Bonchev–Trinajstić information content (AvgIpc) is 2.80. The number of hydrogen-bond acceptors (Lipinski definition) is 5. The largest absolute Gasteiger partial charge is 0.391 e. The van der Waals surface area contributed by atoms with E-state index in [9.17, 15) is 18.3 Å². The monoisotopic (exact) mass is 506 g/mol. The number of aliphatic hydroxyl groups excluding tert-OH is 1. The van der Waals surface area contributed by atoms with E-state index in [1.807, 2.05) is 49.4 Å². The first-order valence-electron chi connectivity index (χ1n) is 12.2. The molecule has 34 heavy (non-hydrogen) atoms. The van der Waals surface area contributed by atoms with Crippen LogP contribution in [0.25, 0.3) is 10.8 Å². The molecule has 1 amide bonds. The summed E-state index contributed by atoms with van der Waals surface area (Å²) >= 11 is 1.45. The Bertz CT molecular complexity index is 1050. The zero-order chi connectivity index (χ0) is 24.7. The Morgan fingerprint density at radius 3 is 2.56 bits per heavy atom. The van der Waals surface area contributed by atoms with Gasteiger partial charge < -0.3 is 10.4 Å². The molecular formula is C26H38N2O4S2. The SMILES string of the molecule is CCC(NC(=O)C(CSc1cccc2ccccc12)NS(C)(=O)=O)C(O)CC1CCCCC1C. The molecule has 188 valence electrons. The zero-order valence-electron chi connectivity index (χ0n) is 20.4. The summed E-state index contributed by atoms with van der Waals surface area (Å²) in [6.45, 7) is 4.18. The predicted molar refractivity (Wildman–Crippen MR) is 140 cm³/mol. The van der Waals surface area contributed by atoms with Crippen LogP contribution in [0, 0.1) is 11.8 Å². The van der Waals surface area contributed by atoms with Gasteiger partial charge in [0.05, 0.1) is 18.4 Å². The van der Waals surface area contributed by atoms with Crippen LogP contribution >= 0.6 is 11.8 Å². The molecule has 1 aliphatic rings. The maximum absolute atomic E-state index is 13.2. The minimum Gasteiger partial charge on any atom is -0.391 e. The highest BCUT2D eigenvalue weighted by Crippen LogP contribution is 2.33. The number of carbonyl (C=O) groups is 1. The standard InChI is InChI=1S/C26H38N2O4S2/c1-4-22(24(29)16-20-12-6-5-10-18(20)2)27-26(30)23(28-34(3,31)32)17-33-25-15-9-13-19-11-7-8-14-21(19)25/h7-9,11,13-15,18,20,22-24,28-29H,4-6,10,12,16-17H2,1-3H3,(H,27,30). The van der Waals surface area contributed by atoms with Crippen LogP contribution in [0.3, 0.4) is 0 Å². The molecule has 8 heteroatoms. The lowest BCUT2D eigenvalue weighted by Gasteiger charge is -2.33. The van der Waals surface area contributed by atoms with Gasteiger partial charge in [0, 0.05) is 10.6 Å². The number of aliphatic hydroxyl groups is 1. The highest BCUT2D eigenvalue weighted by molar-refractivity contribution is 7.99. The van der Waals surface area contributed by atoms with Gasteiger partial charge in [-0.15, -0.1) is 11.8 Å². The summed E-state index contributed by atoms with van der Waals surface area (Å²) < 4.78 is 26.5. The summed E-state index contributed by atoms with van der Waals surface area (Å²) in [5.74, 6) is 0.884. The quantitative estimate of drug-likeness (QED) is 0.395. The molecule has 5 unspecified atom stereocenters. The minimum absolute atomic E-state index is 0.249. The summed E-state index contributed by atoms with van der Waals surface area (Å²) in [6, 6.07) is 12.6. The third-order valence-corrected chi connectivity index (χ3v) is 8.77. The predicted octanol–water partition coefficient (Wildman–Crippen LogP) is 4.32. The highest BCUT2D eigenvalue weighted by Gasteiger charge is 2.30. The number of carbonyl (C=O) groups excluding carboxylic acids is 1. The van der Waals surface area contributed by atoms with Crippen molar-refractivity contribution in [3.63, 3.8) is 0 Å². The van der Waals surface area contributed by atoms with Crippen LogP contribution in [-0.4, -0.2) is 49.6 Å². The number of hydrogen-bond donors (Lipinski definition) is 3. The van der Waals surface area contributed by atoms with Crippen LogP contribution in [0.4, 0.5) is 0 Å². The fourth-order valence-electron chi connectivity index (χ4n) is 4.89. The second-order valence-corrected chi connectivity index (χ2v) is 12.4. The van der Waals surface area contributed by atoms with Gasteiger partial charge >= 0.3 is 0 Å². The van der Waals surface area contributed by atoms with Gasteiger partial charge in [-0.1, -0.05) is 75.9 Å². The molecule has 0 saturated heterocycles. The van der Waals surface area contributed by atoms with Gasteiger partial charge in [0.25, 0.3) is 0 Å². The Hall–Kier alpha value is -1.61. The summed E-state index contributed by atoms with van der Waals surface area (Å²) in [5, 5.41) is 16.0. The van der Waals surface area contributed by atoms with Crippen LogP contribution in [-0.2, 0) is 14.8 Å². The molecule has 1 fully saturated rings. The molecule has 3 rings (SSSR count). The van der Waals surface area contributed by atoms with Crippen LogP contribution < -0.4 is 10.0 Å². The van der Waals surface area contributed by atoms with Crippen molar-refractivity contribution in [2.45, 2.75) is 75.5 Å². The maximum Gasteiger partial charge on any atom is 0.239 e. The van der Waals surface area contributed by atoms with Gasteiger partial charge in [0.1, 0.15) is 6.04 Å². The molecule has 5 atom stereocenters. The highest BCUT2D eigenvalue weighted by atomic mass is 32.2. The topological polar surface area (TPSA) is 95.5 Å². The Kier molecular flexibility index (Phi) is 9.83. The molecule has 0 aliphatic heterocycles. The third-order valence-electron chi connectivity index (χ3n) is 6.89. The van der Waals surface area contributed by atoms with E-state index in [-0.39, 0.29) is 5.75 Å². The first kappa shape index (κ1) is 27.0. The van der Waals surface area contributed by atoms with E-state index >= 15 is 0 Å². The van der Waals surface area contributed by atoms with Crippen molar-refractivity contribution in [2.24, 2.45) is 11.8 Å². The molecule has 6 nitrogen and oxygen atoms in total. The zero-order valence-corrected chi connectivity index (χ0v) is 22.0. The fourth-order valence-corrected chi connectivity index (χ4v) is 6.80. The molecular weight excluding hydrogens is 468 g/mol. The van der Waals surface area contributed by atoms with Crippen molar-refractivity contribution < 1.29 is 18.3 Å². The number of nitrogens with one attached hydrogen (secondary N) is 2. The van der Waals surface area contributed by atoms with E-state index in [1.54, 1.807) is 0 Å². The smallest absolute Gasteiger partial charge is 0.239 e. The van der Waals surface area contributed by atoms with Crippen LogP contribution in [0.5, 0.6) is 0 Å². The molecule has 1 saturated carbocycles. The van der Waals surface area contributed by atoms with E-state index in [2.05, 4.69) is 17.0 Å². The Morgan fingerprint density at radius 1 is 1.15 bits per heavy atom. The van der Waals surface area contributed by atoms with E-state index in [1.165, 1.54) is 31.0 Å². The Morgan fingerprint density at radius 2 is 1.85 bits per heavy atom. The van der Waals surface area contributed by atoms with Gasteiger partial charge in [0.15, 0.2) is 0 Å². The number of rotatable bonds is 11. The molecule has 3 N–H and O–H groups in total. The molecule has 0 spiro atoms. The number of amides is 1. The molecule has 0 aromatic heterocycles. The molecule has 1 aliphatic carbocycles. The third kappa shape index (κ3) is 7.70. The van der Waals surface area contributed by atoms with Crippen molar-refractivity contribution in [2.75, 3.05) is 12.0 Å². The van der Waals surface area contributed by atoms with Gasteiger partial charge in [-0.25, -0.2) is 13.1 Å². The fraction of sp³-hybridized carbons (Fsp3) is 0.577. The number of benzene rings is 2. The molecule has 0 radical (unpaired) electrons. The molecule has 2 aromatic carbocycles. The first-order chi connectivity index (χ1) is 16.2. The van der Waals surface area contributed by atoms with Crippen LogP contribution in [0.1, 0.15) is 52.4 Å². The van der Waals surface area contributed by atoms with Crippen molar-refractivity contribution in [3.8, 4) is 0 Å². The second-order valence-electron chi connectivity index (χ2n) is 9.58. The summed E-state index contributed by atoms with van der Waals surface area (Å²) in [6.07, 6.45) is 6.39. The van der Waals surface area contributed by atoms with Crippen molar-refractivity contribution >= 4 is 38.5 Å². The lowest BCUT2D eigenvalue weighted by atomic mass is 9.76. The normalized spacial score (nSPS) is 21.6. The van der Waals surface area contributed by atoms with E-state index in [0.29, 0.717) is 24.7 Å². The van der Waals surface area contributed by atoms with Gasteiger partial charge in [-0.3, -0.25) is 4.79 Å². The van der Waals surface area contributed by atoms with Gasteiger partial charge in [0.2, 0.25) is 15.9 Å². The van der Waals surface area contributed by atoms with Crippen LogP contribution in [0.2, 0.25) is 0 Å². The van der Waals surface area contributed by atoms with E-state index < -0.39 is 34.1 Å². The van der Waals surface area contributed by atoms with E-state index in [4.69, 9.17) is 0 Å². The van der Waals surface area contributed by atoms with Crippen LogP contribution in [0.15, 0.2) is 47.4 Å². The summed E-state index contributed by atoms with van der Waals surface area (Å²) in [5.41, 5.74) is 0. The maximum atomic E-state index is 13.2. The average molecular weight is 507 g/mol. The lowest BCUT2D eigenvalue weighted by molar-refractivity contribution is -0.124. The molecule has 2 aromatic rings. The van der Waals surface area contributed by atoms with Crippen molar-refractivity contribution in [1.82, 2.24) is 10.0 Å². The molecule has 0 heterocycles. The second kappa shape index (κ2) is 12.4. The number of thioether (sulfide) groups is 1.